The average molecular weight is 319 g/mol. The third kappa shape index (κ3) is 3.38. The number of ether oxygens (including phenoxy) is 2. The first kappa shape index (κ1) is 16.7. The Morgan fingerprint density at radius 1 is 1.64 bits per heavy atom. The van der Waals surface area contributed by atoms with Crippen LogP contribution in [0.25, 0.3) is 5.70 Å². The van der Waals surface area contributed by atoms with Gasteiger partial charge in [0.2, 0.25) is 0 Å². The van der Waals surface area contributed by atoms with Crippen LogP contribution in [0.3, 0.4) is 0 Å². The van der Waals surface area contributed by atoms with Gasteiger partial charge in [-0.05, 0) is 24.5 Å². The van der Waals surface area contributed by atoms with E-state index < -0.39 is 5.79 Å². The lowest BCUT2D eigenvalue weighted by Crippen LogP contribution is -2.41. The SMILES string of the molecule is CCCOC1(OC)CCc2[nH]c(=S)c(/C(N)=C/C#N)cc2C1. The van der Waals surface area contributed by atoms with E-state index in [2.05, 4.69) is 11.9 Å². The van der Waals surface area contributed by atoms with Crippen LogP contribution >= 0.6 is 12.2 Å². The minimum Gasteiger partial charge on any atom is -0.398 e. The van der Waals surface area contributed by atoms with Crippen LogP contribution in [-0.4, -0.2) is 24.5 Å². The van der Waals surface area contributed by atoms with Crippen LogP contribution in [0.4, 0.5) is 0 Å². The number of H-pyrrole nitrogens is 1. The molecule has 0 fully saturated rings. The van der Waals surface area contributed by atoms with Crippen molar-refractivity contribution in [3.63, 3.8) is 0 Å². The van der Waals surface area contributed by atoms with E-state index in [-0.39, 0.29) is 0 Å². The summed E-state index contributed by atoms with van der Waals surface area (Å²) in [5, 5.41) is 8.75. The topological polar surface area (TPSA) is 84.1 Å². The molecule has 0 bridgehead atoms. The number of aromatic amines is 1. The number of hydrogen-bond donors (Lipinski definition) is 2. The molecule has 3 N–H and O–H groups in total. The number of aromatic nitrogens is 1. The third-order valence-corrected chi connectivity index (χ3v) is 4.23. The Morgan fingerprint density at radius 2 is 2.41 bits per heavy atom. The van der Waals surface area contributed by atoms with Crippen LogP contribution in [0.1, 0.15) is 36.6 Å². The van der Waals surface area contributed by atoms with Crippen molar-refractivity contribution >= 4 is 17.9 Å². The van der Waals surface area contributed by atoms with Crippen LogP contribution in [0.5, 0.6) is 0 Å². The average Bonchev–Trinajstić information content (AvgIpc) is 2.52. The van der Waals surface area contributed by atoms with Crippen molar-refractivity contribution < 1.29 is 9.47 Å². The second-order valence-corrected chi connectivity index (χ2v) is 5.79. The molecule has 1 atom stereocenters. The highest BCUT2D eigenvalue weighted by Gasteiger charge is 2.35. The fourth-order valence-electron chi connectivity index (χ4n) is 2.69. The van der Waals surface area contributed by atoms with Gasteiger partial charge in [-0.25, -0.2) is 0 Å². The molecular weight excluding hydrogens is 298 g/mol. The first-order chi connectivity index (χ1) is 10.5. The number of allylic oxidation sites excluding steroid dienone is 1. The number of fused-ring (bicyclic) bond motifs is 1. The first-order valence-electron chi connectivity index (χ1n) is 7.35. The second-order valence-electron chi connectivity index (χ2n) is 5.38. The zero-order valence-electron chi connectivity index (χ0n) is 12.9. The maximum absolute atomic E-state index is 8.75. The van der Waals surface area contributed by atoms with E-state index >= 15 is 0 Å². The highest BCUT2D eigenvalue weighted by atomic mass is 32.1. The van der Waals surface area contributed by atoms with Gasteiger partial charge in [0.15, 0.2) is 5.79 Å². The zero-order chi connectivity index (χ0) is 16.2. The summed E-state index contributed by atoms with van der Waals surface area (Å²) in [4.78, 5) is 3.23. The highest BCUT2D eigenvalue weighted by Crippen LogP contribution is 2.32. The van der Waals surface area contributed by atoms with Gasteiger partial charge in [0.05, 0.1) is 11.8 Å². The van der Waals surface area contributed by atoms with Crippen LogP contribution in [-0.2, 0) is 22.3 Å². The smallest absolute Gasteiger partial charge is 0.172 e. The number of aryl methyl sites for hydroxylation is 1. The van der Waals surface area contributed by atoms with Crippen molar-refractivity contribution in [3.8, 4) is 6.07 Å². The molecule has 22 heavy (non-hydrogen) atoms. The number of nitrogens with two attached hydrogens (primary N) is 1. The Kier molecular flexibility index (Phi) is 5.35. The van der Waals surface area contributed by atoms with Crippen molar-refractivity contribution in [2.75, 3.05) is 13.7 Å². The molecule has 1 unspecified atom stereocenters. The van der Waals surface area contributed by atoms with Gasteiger partial charge in [0, 0.05) is 43.9 Å². The van der Waals surface area contributed by atoms with Gasteiger partial charge in [0.1, 0.15) is 4.64 Å². The molecule has 0 saturated carbocycles. The van der Waals surface area contributed by atoms with E-state index in [1.165, 1.54) is 6.08 Å². The lowest BCUT2D eigenvalue weighted by molar-refractivity contribution is -0.228. The lowest BCUT2D eigenvalue weighted by atomic mass is 9.89. The Bertz CT molecular complexity index is 675. The number of rotatable bonds is 5. The molecule has 5 nitrogen and oxygen atoms in total. The van der Waals surface area contributed by atoms with Crippen molar-refractivity contribution in [3.05, 3.63) is 33.6 Å². The summed E-state index contributed by atoms with van der Waals surface area (Å²) in [6.45, 7) is 2.73. The standard InChI is InChI=1S/C16H21N3O2S/c1-3-8-21-16(20-2)6-4-14-11(10-16)9-12(15(22)19-14)13(18)5-7-17/h5,9H,3-4,6,8,10,18H2,1-2H3,(H,19,22)/b13-5-. The van der Waals surface area contributed by atoms with Crippen molar-refractivity contribution in [1.82, 2.24) is 4.98 Å². The Morgan fingerprint density at radius 3 is 3.05 bits per heavy atom. The molecule has 0 aliphatic heterocycles. The lowest BCUT2D eigenvalue weighted by Gasteiger charge is -2.36. The van der Waals surface area contributed by atoms with Crippen molar-refractivity contribution in [1.29, 1.82) is 5.26 Å². The summed E-state index contributed by atoms with van der Waals surface area (Å²) in [6, 6.07) is 3.88. The largest absolute Gasteiger partial charge is 0.398 e. The first-order valence-corrected chi connectivity index (χ1v) is 7.76. The summed E-state index contributed by atoms with van der Waals surface area (Å²) in [5.74, 6) is -0.592. The van der Waals surface area contributed by atoms with Crippen LogP contribution < -0.4 is 5.73 Å². The maximum atomic E-state index is 8.75. The van der Waals surface area contributed by atoms with E-state index in [0.29, 0.717) is 28.9 Å². The van der Waals surface area contributed by atoms with E-state index in [1.54, 1.807) is 7.11 Å². The fraction of sp³-hybridized carbons (Fsp3) is 0.500. The molecule has 6 heteroatoms. The monoisotopic (exact) mass is 319 g/mol. The van der Waals surface area contributed by atoms with Crippen LogP contribution in [0.15, 0.2) is 12.1 Å². The molecule has 2 rings (SSSR count). The van der Waals surface area contributed by atoms with Gasteiger partial charge < -0.3 is 20.2 Å². The van der Waals surface area contributed by atoms with Crippen LogP contribution in [0.2, 0.25) is 0 Å². The summed E-state index contributed by atoms with van der Waals surface area (Å²) in [7, 11) is 1.68. The number of methoxy groups -OCH3 is 1. The Hall–Kier alpha value is -1.68. The van der Waals surface area contributed by atoms with Crippen LogP contribution in [0, 0.1) is 16.0 Å². The molecule has 1 aromatic rings. The summed E-state index contributed by atoms with van der Waals surface area (Å²) >= 11 is 5.34. The minimum atomic E-state index is -0.592. The number of nitriles is 1. The van der Waals surface area contributed by atoms with Gasteiger partial charge in [-0.1, -0.05) is 19.1 Å². The number of pyridine rings is 1. The summed E-state index contributed by atoms with van der Waals surface area (Å²) < 4.78 is 12.2. The molecule has 0 saturated heterocycles. The normalized spacial score (nSPS) is 21.2. The third-order valence-electron chi connectivity index (χ3n) is 3.90. The van der Waals surface area contributed by atoms with Gasteiger partial charge in [-0.3, -0.25) is 0 Å². The zero-order valence-corrected chi connectivity index (χ0v) is 13.8. The minimum absolute atomic E-state index is 0.370. The molecule has 1 aliphatic rings. The predicted molar refractivity (Wildman–Crippen MR) is 87.4 cm³/mol. The molecular formula is C16H21N3O2S. The molecule has 0 aromatic carbocycles. The van der Waals surface area contributed by atoms with Crippen molar-refractivity contribution in [2.24, 2.45) is 5.73 Å². The van der Waals surface area contributed by atoms with Crippen molar-refractivity contribution in [2.45, 2.75) is 38.4 Å². The predicted octanol–water partition coefficient (Wildman–Crippen LogP) is 2.83. The molecule has 0 amide bonds. The highest BCUT2D eigenvalue weighted by molar-refractivity contribution is 7.71. The molecule has 0 radical (unpaired) electrons. The van der Waals surface area contributed by atoms with E-state index in [1.807, 2.05) is 12.1 Å². The molecule has 0 spiro atoms. The van der Waals surface area contributed by atoms with E-state index in [4.69, 9.17) is 32.7 Å². The van der Waals surface area contributed by atoms with Gasteiger partial charge >= 0.3 is 0 Å². The molecule has 1 heterocycles. The summed E-state index contributed by atoms with van der Waals surface area (Å²) in [5.41, 5.74) is 9.12. The number of nitrogens with one attached hydrogen (secondary N) is 1. The Balaban J connectivity index is 2.38. The Labute approximate surface area is 135 Å². The summed E-state index contributed by atoms with van der Waals surface area (Å²) in [6.07, 6.45) is 4.46. The number of hydrogen-bond acceptors (Lipinski definition) is 5. The van der Waals surface area contributed by atoms with Gasteiger partial charge in [-0.2, -0.15) is 5.26 Å². The van der Waals surface area contributed by atoms with E-state index in [9.17, 15) is 0 Å². The molecule has 1 aromatic heterocycles. The quantitative estimate of drug-likeness (QED) is 0.495. The van der Waals surface area contributed by atoms with Gasteiger partial charge in [-0.15, -0.1) is 0 Å². The number of nitrogens with zero attached hydrogens (tertiary/aromatic N) is 1. The molecule has 118 valence electrons. The van der Waals surface area contributed by atoms with E-state index in [0.717, 1.165) is 30.5 Å². The fourth-order valence-corrected chi connectivity index (χ4v) is 2.99. The maximum Gasteiger partial charge on any atom is 0.172 e. The second kappa shape index (κ2) is 7.05. The molecule has 1 aliphatic carbocycles. The van der Waals surface area contributed by atoms with Gasteiger partial charge in [0.25, 0.3) is 0 Å².